The summed E-state index contributed by atoms with van der Waals surface area (Å²) in [5, 5.41) is 12.4. The van der Waals surface area contributed by atoms with Crippen LogP contribution in [0, 0.1) is 11.6 Å². The molecule has 0 bridgehead atoms. The molecule has 4 aromatic rings. The lowest BCUT2D eigenvalue weighted by Crippen LogP contribution is -2.50. The molecule has 0 radical (unpaired) electrons. The number of amides is 1. The zero-order valence-electron chi connectivity index (χ0n) is 23.2. The van der Waals surface area contributed by atoms with Crippen LogP contribution in [-0.2, 0) is 22.5 Å². The van der Waals surface area contributed by atoms with Crippen molar-refractivity contribution in [2.24, 2.45) is 4.99 Å². The molecule has 4 aromatic carbocycles. The van der Waals surface area contributed by atoms with Crippen molar-refractivity contribution in [3.8, 4) is 5.75 Å². The van der Waals surface area contributed by atoms with E-state index < -0.39 is 35.7 Å². The highest BCUT2D eigenvalue weighted by molar-refractivity contribution is 9.10. The quantitative estimate of drug-likeness (QED) is 0.158. The van der Waals surface area contributed by atoms with Gasteiger partial charge in [-0.25, -0.2) is 13.8 Å². The largest absolute Gasteiger partial charge is 0.494 e. The summed E-state index contributed by atoms with van der Waals surface area (Å²) < 4.78 is 41.9. The molecule has 44 heavy (non-hydrogen) atoms. The van der Waals surface area contributed by atoms with Gasteiger partial charge < -0.3 is 19.9 Å². The lowest BCUT2D eigenvalue weighted by atomic mass is 9.82. The summed E-state index contributed by atoms with van der Waals surface area (Å²) in [5.41, 5.74) is -0.169. The second-order valence-electron chi connectivity index (χ2n) is 10.1. The fourth-order valence-corrected chi connectivity index (χ4v) is 5.86. The summed E-state index contributed by atoms with van der Waals surface area (Å²) >= 11 is 16.5. The SMILES string of the molecule is O=C(NCc1c(F)cccc1F)[C@]1(Cc2ccccc2Br)N=C(c2ccc(OCCCO)cc2)O[C@@H]1c1ccc(Cl)cc1Cl. The topological polar surface area (TPSA) is 80.2 Å². The number of halogens is 5. The number of hydrogen-bond donors (Lipinski definition) is 2. The summed E-state index contributed by atoms with van der Waals surface area (Å²) in [4.78, 5) is 19.3. The van der Waals surface area contributed by atoms with E-state index in [1.165, 1.54) is 6.07 Å². The molecule has 0 spiro atoms. The van der Waals surface area contributed by atoms with Gasteiger partial charge in [0.25, 0.3) is 5.91 Å². The van der Waals surface area contributed by atoms with Crippen molar-refractivity contribution in [3.05, 3.63) is 133 Å². The minimum Gasteiger partial charge on any atom is -0.494 e. The van der Waals surface area contributed by atoms with Crippen LogP contribution in [0.5, 0.6) is 5.75 Å². The molecule has 11 heteroatoms. The van der Waals surface area contributed by atoms with Gasteiger partial charge in [-0.15, -0.1) is 0 Å². The van der Waals surface area contributed by atoms with Crippen molar-refractivity contribution in [1.82, 2.24) is 5.32 Å². The summed E-state index contributed by atoms with van der Waals surface area (Å²) in [7, 11) is 0. The van der Waals surface area contributed by atoms with Crippen LogP contribution in [0.4, 0.5) is 8.78 Å². The zero-order chi connectivity index (χ0) is 31.3. The van der Waals surface area contributed by atoms with Crippen molar-refractivity contribution in [2.45, 2.75) is 31.0 Å². The minimum atomic E-state index is -1.66. The van der Waals surface area contributed by atoms with Gasteiger partial charge in [0.15, 0.2) is 11.6 Å². The van der Waals surface area contributed by atoms with Gasteiger partial charge in [0, 0.05) is 57.2 Å². The Balaban J connectivity index is 1.60. The number of benzene rings is 4. The average Bonchev–Trinajstić information content (AvgIpc) is 3.38. The normalized spacial score (nSPS) is 17.6. The maximum absolute atomic E-state index is 14.5. The van der Waals surface area contributed by atoms with Gasteiger partial charge in [-0.05, 0) is 60.2 Å². The molecule has 5 rings (SSSR count). The highest BCUT2D eigenvalue weighted by Gasteiger charge is 2.54. The van der Waals surface area contributed by atoms with Gasteiger partial charge in [-0.3, -0.25) is 4.79 Å². The third kappa shape index (κ3) is 6.91. The number of nitrogens with one attached hydrogen (secondary N) is 1. The third-order valence-electron chi connectivity index (χ3n) is 7.18. The van der Waals surface area contributed by atoms with Gasteiger partial charge in [0.1, 0.15) is 17.4 Å². The number of aliphatic hydroxyl groups excluding tert-OH is 1. The van der Waals surface area contributed by atoms with E-state index in [0.717, 1.165) is 22.2 Å². The molecule has 0 fully saturated rings. The molecule has 0 aliphatic carbocycles. The molecule has 1 heterocycles. The summed E-state index contributed by atoms with van der Waals surface area (Å²) in [6, 6.07) is 22.7. The van der Waals surface area contributed by atoms with Crippen molar-refractivity contribution in [2.75, 3.05) is 13.2 Å². The van der Waals surface area contributed by atoms with Gasteiger partial charge in [-0.2, -0.15) is 0 Å². The first-order chi connectivity index (χ1) is 21.2. The van der Waals surface area contributed by atoms with E-state index in [2.05, 4.69) is 21.2 Å². The average molecular weight is 704 g/mol. The van der Waals surface area contributed by atoms with Gasteiger partial charge in [0.2, 0.25) is 5.90 Å². The van der Waals surface area contributed by atoms with Crippen LogP contribution >= 0.6 is 39.1 Å². The summed E-state index contributed by atoms with van der Waals surface area (Å²) in [6.07, 6.45) is -0.500. The molecule has 1 amide bonds. The van der Waals surface area contributed by atoms with E-state index in [0.29, 0.717) is 34.9 Å². The van der Waals surface area contributed by atoms with E-state index in [1.54, 1.807) is 42.5 Å². The maximum atomic E-state index is 14.5. The molecule has 2 N–H and O–H groups in total. The summed E-state index contributed by atoms with van der Waals surface area (Å²) in [5.74, 6) is -1.43. The second-order valence-corrected chi connectivity index (χ2v) is 11.8. The lowest BCUT2D eigenvalue weighted by Gasteiger charge is -2.31. The Morgan fingerprint density at radius 3 is 2.43 bits per heavy atom. The lowest BCUT2D eigenvalue weighted by molar-refractivity contribution is -0.129. The van der Waals surface area contributed by atoms with E-state index in [-0.39, 0.29) is 29.5 Å². The van der Waals surface area contributed by atoms with Crippen molar-refractivity contribution >= 4 is 50.9 Å². The monoisotopic (exact) mass is 702 g/mol. The van der Waals surface area contributed by atoms with Crippen LogP contribution in [0.1, 0.15) is 34.8 Å². The standard InChI is InChI=1S/C33H27BrCl2F2N2O4/c34-26-6-2-1-5-21(26)18-33(32(42)39-19-25-28(37)7-3-8-29(25)38)30(24-14-11-22(35)17-27(24)36)44-31(40-33)20-9-12-23(13-10-20)43-16-4-15-41/h1-3,5-14,17,30,41H,4,15-16,18-19H2,(H,39,42)/t30-,33-/m1/s1. The van der Waals surface area contributed by atoms with E-state index in [4.69, 9.17) is 42.8 Å². The predicted octanol–water partition coefficient (Wildman–Crippen LogP) is 7.61. The number of ether oxygens (including phenoxy) is 2. The van der Waals surface area contributed by atoms with Gasteiger partial charge >= 0.3 is 0 Å². The second kappa shape index (κ2) is 14.1. The molecule has 0 aromatic heterocycles. The first kappa shape index (κ1) is 31.9. The first-order valence-electron chi connectivity index (χ1n) is 13.7. The Kier molecular flexibility index (Phi) is 10.2. The van der Waals surface area contributed by atoms with Crippen molar-refractivity contribution in [3.63, 3.8) is 0 Å². The Hall–Kier alpha value is -3.50. The first-order valence-corrected chi connectivity index (χ1v) is 15.3. The molecular weight excluding hydrogens is 677 g/mol. The Bertz CT molecular complexity index is 1670. The molecule has 6 nitrogen and oxygen atoms in total. The summed E-state index contributed by atoms with van der Waals surface area (Å²) in [6.45, 7) is -0.0499. The van der Waals surface area contributed by atoms with Crippen LogP contribution in [0.2, 0.25) is 10.0 Å². The minimum absolute atomic E-state index is 0.0165. The number of aliphatic hydroxyl groups is 1. The van der Waals surface area contributed by atoms with E-state index in [1.807, 2.05) is 24.3 Å². The predicted molar refractivity (Wildman–Crippen MR) is 169 cm³/mol. The van der Waals surface area contributed by atoms with Crippen LogP contribution in [0.3, 0.4) is 0 Å². The number of hydrogen-bond acceptors (Lipinski definition) is 5. The fourth-order valence-electron chi connectivity index (χ4n) is 4.93. The Morgan fingerprint density at radius 1 is 1.02 bits per heavy atom. The number of carbonyl (C=O) groups excluding carboxylic acids is 1. The highest BCUT2D eigenvalue weighted by Crippen LogP contribution is 2.45. The fraction of sp³-hybridized carbons (Fsp3) is 0.212. The Morgan fingerprint density at radius 2 is 1.75 bits per heavy atom. The van der Waals surface area contributed by atoms with Crippen LogP contribution in [-0.4, -0.2) is 35.7 Å². The van der Waals surface area contributed by atoms with Gasteiger partial charge in [-0.1, -0.05) is 69.5 Å². The molecule has 2 atom stereocenters. The van der Waals surface area contributed by atoms with Crippen molar-refractivity contribution in [1.29, 1.82) is 0 Å². The van der Waals surface area contributed by atoms with Gasteiger partial charge in [0.05, 0.1) is 6.61 Å². The molecule has 228 valence electrons. The number of aliphatic imine (C=N–C) groups is 1. The number of carbonyl (C=O) groups is 1. The number of nitrogens with zero attached hydrogens (tertiary/aromatic N) is 1. The maximum Gasteiger partial charge on any atom is 0.252 e. The van der Waals surface area contributed by atoms with Crippen molar-refractivity contribution < 1.29 is 28.2 Å². The molecular formula is C33H27BrCl2F2N2O4. The molecule has 1 aliphatic heterocycles. The van der Waals surface area contributed by atoms with E-state index in [9.17, 15) is 13.6 Å². The molecule has 0 saturated carbocycles. The third-order valence-corrected chi connectivity index (χ3v) is 8.52. The molecule has 0 unspecified atom stereocenters. The number of rotatable bonds is 11. The molecule has 1 aliphatic rings. The Labute approximate surface area is 271 Å². The van der Waals surface area contributed by atoms with Crippen LogP contribution < -0.4 is 10.1 Å². The van der Waals surface area contributed by atoms with E-state index >= 15 is 0 Å². The van der Waals surface area contributed by atoms with Crippen LogP contribution in [0.15, 0.2) is 94.4 Å². The van der Waals surface area contributed by atoms with Crippen LogP contribution in [0.25, 0.3) is 0 Å². The molecule has 0 saturated heterocycles. The zero-order valence-corrected chi connectivity index (χ0v) is 26.3. The smallest absolute Gasteiger partial charge is 0.252 e. The highest BCUT2D eigenvalue weighted by atomic mass is 79.9.